The van der Waals surface area contributed by atoms with Gasteiger partial charge in [0, 0.05) is 39.8 Å². The lowest BCUT2D eigenvalue weighted by Crippen LogP contribution is -2.18. The average Bonchev–Trinajstić information content (AvgIpc) is 2.73. The molecule has 1 atom stereocenters. The van der Waals surface area contributed by atoms with Crippen molar-refractivity contribution in [2.24, 2.45) is 0 Å². The highest BCUT2D eigenvalue weighted by Gasteiger charge is 2.13. The van der Waals surface area contributed by atoms with Gasteiger partial charge in [-0.05, 0) is 34.4 Å². The van der Waals surface area contributed by atoms with E-state index in [0.717, 1.165) is 12.0 Å². The fraction of sp³-hybridized carbons (Fsp3) is 0.273. The second-order valence-corrected chi connectivity index (χ2v) is 5.26. The molecule has 0 amide bonds. The van der Waals surface area contributed by atoms with Gasteiger partial charge in [0.2, 0.25) is 0 Å². The van der Waals surface area contributed by atoms with Crippen LogP contribution >= 0.6 is 27.3 Å². The molecule has 84 valence electrons. The van der Waals surface area contributed by atoms with Gasteiger partial charge in [-0.2, -0.15) is 0 Å². The van der Waals surface area contributed by atoms with E-state index in [2.05, 4.69) is 42.7 Å². The van der Waals surface area contributed by atoms with Gasteiger partial charge < -0.3 is 5.32 Å². The second kappa shape index (κ2) is 5.52. The molecule has 0 saturated heterocycles. The Kier molecular flexibility index (Phi) is 4.04. The van der Waals surface area contributed by atoms with Crippen molar-refractivity contribution in [3.63, 3.8) is 0 Å². The number of nitrogens with zero attached hydrogens (tertiary/aromatic N) is 2. The van der Waals surface area contributed by atoms with Gasteiger partial charge in [0.1, 0.15) is 6.33 Å². The molecular formula is C11H12BrN3S. The highest BCUT2D eigenvalue weighted by atomic mass is 79.9. The lowest BCUT2D eigenvalue weighted by molar-refractivity contribution is 0.591. The van der Waals surface area contributed by atoms with Crippen LogP contribution in [-0.4, -0.2) is 17.0 Å². The zero-order chi connectivity index (χ0) is 11.4. The Hall–Kier alpha value is -0.780. The van der Waals surface area contributed by atoms with Crippen LogP contribution in [0.3, 0.4) is 0 Å². The number of nitrogens with one attached hydrogen (secondary N) is 1. The summed E-state index contributed by atoms with van der Waals surface area (Å²) in [5.41, 5.74) is 1.12. The quantitative estimate of drug-likeness (QED) is 0.943. The summed E-state index contributed by atoms with van der Waals surface area (Å²) in [6, 6.07) is 2.34. The van der Waals surface area contributed by atoms with Crippen molar-refractivity contribution in [2.75, 3.05) is 7.05 Å². The molecule has 2 aromatic rings. The molecular weight excluding hydrogens is 286 g/mol. The molecule has 0 spiro atoms. The largest absolute Gasteiger partial charge is 0.313 e. The van der Waals surface area contributed by atoms with Gasteiger partial charge in [-0.25, -0.2) is 9.97 Å². The predicted octanol–water partition coefficient (Wildman–Crippen LogP) is 2.80. The molecule has 0 radical (unpaired) electrons. The fourth-order valence-electron chi connectivity index (χ4n) is 1.53. The summed E-state index contributed by atoms with van der Waals surface area (Å²) in [4.78, 5) is 9.43. The van der Waals surface area contributed by atoms with Gasteiger partial charge in [-0.15, -0.1) is 11.3 Å². The van der Waals surface area contributed by atoms with E-state index in [4.69, 9.17) is 0 Å². The number of hydrogen-bond acceptors (Lipinski definition) is 4. The van der Waals surface area contributed by atoms with Crippen LogP contribution in [0.4, 0.5) is 0 Å². The molecule has 1 N–H and O–H groups in total. The molecule has 2 heterocycles. The van der Waals surface area contributed by atoms with E-state index in [-0.39, 0.29) is 6.04 Å². The summed E-state index contributed by atoms with van der Waals surface area (Å²) >= 11 is 5.31. The summed E-state index contributed by atoms with van der Waals surface area (Å²) in [7, 11) is 1.96. The summed E-state index contributed by atoms with van der Waals surface area (Å²) in [6.45, 7) is 0. The summed E-state index contributed by atoms with van der Waals surface area (Å²) in [6.07, 6.45) is 6.21. The molecule has 1 unspecified atom stereocenters. The Balaban J connectivity index is 2.16. The standard InChI is InChI=1S/C11H12BrN3S/c1-13-10(8-5-14-7-15-6-8)4-11-9(12)2-3-16-11/h2-3,5-7,10,13H,4H2,1H3. The van der Waals surface area contributed by atoms with Gasteiger partial charge >= 0.3 is 0 Å². The van der Waals surface area contributed by atoms with Crippen molar-refractivity contribution in [2.45, 2.75) is 12.5 Å². The van der Waals surface area contributed by atoms with Crippen LogP contribution in [-0.2, 0) is 6.42 Å². The Labute approximate surface area is 107 Å². The second-order valence-electron chi connectivity index (χ2n) is 3.41. The summed E-state index contributed by atoms with van der Waals surface area (Å²) in [5, 5.41) is 5.38. The number of hydrogen-bond donors (Lipinski definition) is 1. The van der Waals surface area contributed by atoms with E-state index < -0.39 is 0 Å². The number of thiophene rings is 1. The molecule has 0 bridgehead atoms. The average molecular weight is 298 g/mol. The molecule has 3 nitrogen and oxygen atoms in total. The van der Waals surface area contributed by atoms with Crippen molar-refractivity contribution in [1.29, 1.82) is 0 Å². The van der Waals surface area contributed by atoms with E-state index >= 15 is 0 Å². The van der Waals surface area contributed by atoms with E-state index in [1.54, 1.807) is 17.7 Å². The van der Waals surface area contributed by atoms with Crippen LogP contribution in [0.15, 0.2) is 34.6 Å². The Bertz CT molecular complexity index is 444. The molecule has 0 saturated carbocycles. The van der Waals surface area contributed by atoms with E-state index in [1.807, 2.05) is 19.4 Å². The third-order valence-corrected chi connectivity index (χ3v) is 4.36. The SMILES string of the molecule is CNC(Cc1sccc1Br)c1cncnc1. The van der Waals surface area contributed by atoms with Crippen LogP contribution in [0.1, 0.15) is 16.5 Å². The fourth-order valence-corrected chi connectivity index (χ4v) is 3.09. The molecule has 5 heteroatoms. The normalized spacial score (nSPS) is 12.6. The molecule has 2 aromatic heterocycles. The highest BCUT2D eigenvalue weighted by Crippen LogP contribution is 2.27. The monoisotopic (exact) mass is 297 g/mol. The third-order valence-electron chi connectivity index (χ3n) is 2.41. The minimum Gasteiger partial charge on any atom is -0.313 e. The first-order valence-corrected chi connectivity index (χ1v) is 6.62. The van der Waals surface area contributed by atoms with E-state index in [0.29, 0.717) is 0 Å². The Morgan fingerprint density at radius 1 is 1.44 bits per heavy atom. The first-order chi connectivity index (χ1) is 7.81. The van der Waals surface area contributed by atoms with E-state index in [9.17, 15) is 0 Å². The molecule has 0 aromatic carbocycles. The minimum absolute atomic E-state index is 0.260. The summed E-state index contributed by atoms with van der Waals surface area (Å²) < 4.78 is 1.18. The highest BCUT2D eigenvalue weighted by molar-refractivity contribution is 9.10. The lowest BCUT2D eigenvalue weighted by atomic mass is 10.1. The summed E-state index contributed by atoms with van der Waals surface area (Å²) in [5.74, 6) is 0. The smallest absolute Gasteiger partial charge is 0.115 e. The molecule has 0 aliphatic rings. The first-order valence-electron chi connectivity index (χ1n) is 4.95. The lowest BCUT2D eigenvalue weighted by Gasteiger charge is -2.14. The third kappa shape index (κ3) is 2.66. The van der Waals surface area contributed by atoms with Crippen LogP contribution < -0.4 is 5.32 Å². The van der Waals surface area contributed by atoms with Crippen LogP contribution in [0.25, 0.3) is 0 Å². The van der Waals surface area contributed by atoms with Crippen molar-refractivity contribution in [3.05, 3.63) is 45.1 Å². The van der Waals surface area contributed by atoms with Crippen LogP contribution in [0, 0.1) is 0 Å². The Morgan fingerprint density at radius 3 is 2.75 bits per heavy atom. The number of likely N-dealkylation sites (N-methyl/N-ethyl adjacent to an activating group) is 1. The number of aromatic nitrogens is 2. The molecule has 16 heavy (non-hydrogen) atoms. The maximum atomic E-state index is 4.05. The van der Waals surface area contributed by atoms with Crippen molar-refractivity contribution in [1.82, 2.24) is 15.3 Å². The molecule has 2 rings (SSSR count). The maximum absolute atomic E-state index is 4.05. The zero-order valence-corrected chi connectivity index (χ0v) is 11.3. The zero-order valence-electron chi connectivity index (χ0n) is 8.85. The van der Waals surface area contributed by atoms with Gasteiger partial charge in [-0.3, -0.25) is 0 Å². The van der Waals surface area contributed by atoms with Gasteiger partial charge in [0.05, 0.1) is 0 Å². The molecule has 0 aliphatic heterocycles. The van der Waals surface area contributed by atoms with Crippen LogP contribution in [0.5, 0.6) is 0 Å². The first kappa shape index (κ1) is 11.7. The van der Waals surface area contributed by atoms with Crippen LogP contribution in [0.2, 0.25) is 0 Å². The van der Waals surface area contributed by atoms with Gasteiger partial charge in [-0.1, -0.05) is 0 Å². The van der Waals surface area contributed by atoms with Crippen molar-refractivity contribution in [3.8, 4) is 0 Å². The molecule has 0 fully saturated rings. The van der Waals surface area contributed by atoms with Crippen molar-refractivity contribution < 1.29 is 0 Å². The molecule has 0 aliphatic carbocycles. The maximum Gasteiger partial charge on any atom is 0.115 e. The van der Waals surface area contributed by atoms with E-state index in [1.165, 1.54) is 9.35 Å². The Morgan fingerprint density at radius 2 is 2.19 bits per heavy atom. The van der Waals surface area contributed by atoms with Crippen molar-refractivity contribution >= 4 is 27.3 Å². The number of rotatable bonds is 4. The van der Waals surface area contributed by atoms with Gasteiger partial charge in [0.25, 0.3) is 0 Å². The minimum atomic E-state index is 0.260. The topological polar surface area (TPSA) is 37.8 Å². The number of halogens is 1. The predicted molar refractivity (Wildman–Crippen MR) is 69.6 cm³/mol. The van der Waals surface area contributed by atoms with Gasteiger partial charge in [0.15, 0.2) is 0 Å².